The summed E-state index contributed by atoms with van der Waals surface area (Å²) in [5, 5.41) is 9.59. The summed E-state index contributed by atoms with van der Waals surface area (Å²) in [6, 6.07) is 6.03. The third-order valence-corrected chi connectivity index (χ3v) is 3.64. The third-order valence-electron chi connectivity index (χ3n) is 3.64. The highest BCUT2D eigenvalue weighted by Gasteiger charge is 2.21. The summed E-state index contributed by atoms with van der Waals surface area (Å²) in [5.41, 5.74) is 7.72. The molecule has 4 heteroatoms. The van der Waals surface area contributed by atoms with Gasteiger partial charge in [-0.3, -0.25) is 0 Å². The number of benzene rings is 1. The lowest BCUT2D eigenvalue weighted by Crippen LogP contribution is -2.37. The molecule has 1 aromatic carbocycles. The predicted octanol–water partition coefficient (Wildman–Crippen LogP) is 2.41. The summed E-state index contributed by atoms with van der Waals surface area (Å²) in [6.07, 6.45) is 4.61. The van der Waals surface area contributed by atoms with E-state index >= 15 is 0 Å². The van der Waals surface area contributed by atoms with Crippen molar-refractivity contribution in [2.75, 3.05) is 30.4 Å². The highest BCUT2D eigenvalue weighted by Crippen LogP contribution is 2.29. The first-order valence-electron chi connectivity index (χ1n) is 7.15. The molecule has 0 saturated carbocycles. The summed E-state index contributed by atoms with van der Waals surface area (Å²) >= 11 is 0. The Morgan fingerprint density at radius 3 is 2.89 bits per heavy atom. The smallest absolute Gasteiger partial charge is 0.123 e. The van der Waals surface area contributed by atoms with Crippen LogP contribution in [0, 0.1) is 0 Å². The second kappa shape index (κ2) is 6.66. The van der Waals surface area contributed by atoms with E-state index in [1.54, 1.807) is 0 Å². The van der Waals surface area contributed by atoms with E-state index in [9.17, 15) is 5.11 Å². The molecule has 0 spiro atoms. The van der Waals surface area contributed by atoms with E-state index < -0.39 is 0 Å². The minimum atomic E-state index is 0.193. The first-order chi connectivity index (χ1) is 9.24. The Labute approximate surface area is 115 Å². The van der Waals surface area contributed by atoms with Crippen molar-refractivity contribution in [2.24, 2.45) is 0 Å². The number of nitrogens with two attached hydrogens (primary N) is 1. The molecule has 1 fully saturated rings. The van der Waals surface area contributed by atoms with E-state index in [-0.39, 0.29) is 12.6 Å². The highest BCUT2D eigenvalue weighted by molar-refractivity contribution is 5.61. The fourth-order valence-corrected chi connectivity index (χ4v) is 2.73. The average Bonchev–Trinajstić information content (AvgIpc) is 2.63. The number of hydrogen-bond acceptors (Lipinski definition) is 4. The summed E-state index contributed by atoms with van der Waals surface area (Å²) < 4.78 is 5.55. The highest BCUT2D eigenvalue weighted by atomic mass is 16.5. The van der Waals surface area contributed by atoms with E-state index in [0.29, 0.717) is 12.3 Å². The van der Waals surface area contributed by atoms with Gasteiger partial charge in [0.15, 0.2) is 0 Å². The molecule has 1 aromatic rings. The molecule has 0 radical (unpaired) electrons. The normalized spacial score (nSPS) is 20.1. The lowest BCUT2D eigenvalue weighted by atomic mass is 10.1. The van der Waals surface area contributed by atoms with Gasteiger partial charge in [0.25, 0.3) is 0 Å². The number of anilines is 2. The SMILES string of the molecule is CCOc1cc(N)cc(N2CCCCCC2CO)c1. The standard InChI is InChI=1S/C15H24N2O2/c1-2-19-15-9-12(16)8-14(10-15)17-7-5-3-4-6-13(17)11-18/h8-10,13,18H,2-7,11,16H2,1H3. The molecule has 1 atom stereocenters. The van der Waals surface area contributed by atoms with Crippen LogP contribution < -0.4 is 15.4 Å². The van der Waals surface area contributed by atoms with Gasteiger partial charge < -0.3 is 20.5 Å². The topological polar surface area (TPSA) is 58.7 Å². The van der Waals surface area contributed by atoms with Gasteiger partial charge in [-0.05, 0) is 25.8 Å². The van der Waals surface area contributed by atoms with Crippen LogP contribution >= 0.6 is 0 Å². The quantitative estimate of drug-likeness (QED) is 0.820. The number of nitrogens with zero attached hydrogens (tertiary/aromatic N) is 1. The monoisotopic (exact) mass is 264 g/mol. The van der Waals surface area contributed by atoms with E-state index in [2.05, 4.69) is 4.90 Å². The van der Waals surface area contributed by atoms with Crippen molar-refractivity contribution < 1.29 is 9.84 Å². The van der Waals surface area contributed by atoms with Crippen molar-refractivity contribution in [3.05, 3.63) is 18.2 Å². The molecule has 1 unspecified atom stereocenters. The van der Waals surface area contributed by atoms with Gasteiger partial charge in [-0.2, -0.15) is 0 Å². The molecule has 19 heavy (non-hydrogen) atoms. The Morgan fingerprint density at radius 2 is 2.16 bits per heavy atom. The Bertz CT molecular complexity index is 409. The molecule has 0 aromatic heterocycles. The van der Waals surface area contributed by atoms with Crippen LogP contribution in [-0.4, -0.2) is 30.9 Å². The molecule has 1 aliphatic heterocycles. The van der Waals surface area contributed by atoms with Gasteiger partial charge in [-0.15, -0.1) is 0 Å². The maximum absolute atomic E-state index is 9.59. The van der Waals surface area contributed by atoms with Gasteiger partial charge in [0.05, 0.1) is 19.3 Å². The summed E-state index contributed by atoms with van der Waals surface area (Å²) in [7, 11) is 0. The fourth-order valence-electron chi connectivity index (χ4n) is 2.73. The van der Waals surface area contributed by atoms with E-state index in [1.165, 1.54) is 12.8 Å². The van der Waals surface area contributed by atoms with Crippen LogP contribution in [0.5, 0.6) is 5.75 Å². The Balaban J connectivity index is 2.26. The second-order valence-electron chi connectivity index (χ2n) is 5.07. The lowest BCUT2D eigenvalue weighted by Gasteiger charge is -2.31. The van der Waals surface area contributed by atoms with Crippen molar-refractivity contribution in [1.29, 1.82) is 0 Å². The number of ether oxygens (including phenoxy) is 1. The zero-order valence-corrected chi connectivity index (χ0v) is 11.6. The van der Waals surface area contributed by atoms with Gasteiger partial charge >= 0.3 is 0 Å². The Morgan fingerprint density at radius 1 is 1.32 bits per heavy atom. The summed E-state index contributed by atoms with van der Waals surface area (Å²) in [5.74, 6) is 0.804. The molecule has 4 nitrogen and oxygen atoms in total. The molecule has 1 saturated heterocycles. The van der Waals surface area contributed by atoms with Gasteiger partial charge in [0, 0.05) is 30.1 Å². The molecule has 1 aliphatic rings. The summed E-state index contributed by atoms with van der Waals surface area (Å²) in [6.45, 7) is 3.76. The van der Waals surface area contributed by atoms with Crippen molar-refractivity contribution in [1.82, 2.24) is 0 Å². The van der Waals surface area contributed by atoms with Crippen molar-refractivity contribution in [3.8, 4) is 5.75 Å². The first-order valence-corrected chi connectivity index (χ1v) is 7.15. The minimum absolute atomic E-state index is 0.193. The average molecular weight is 264 g/mol. The number of nitrogen functional groups attached to an aromatic ring is 1. The van der Waals surface area contributed by atoms with Crippen LogP contribution in [0.1, 0.15) is 32.6 Å². The molecule has 106 valence electrons. The van der Waals surface area contributed by atoms with E-state index in [1.807, 2.05) is 25.1 Å². The molecule has 0 amide bonds. The van der Waals surface area contributed by atoms with Crippen LogP contribution in [0.15, 0.2) is 18.2 Å². The van der Waals surface area contributed by atoms with E-state index in [0.717, 1.165) is 30.8 Å². The fraction of sp³-hybridized carbons (Fsp3) is 0.600. The molecule has 0 bridgehead atoms. The number of aliphatic hydroxyl groups is 1. The zero-order chi connectivity index (χ0) is 13.7. The Hall–Kier alpha value is -1.42. The zero-order valence-electron chi connectivity index (χ0n) is 11.6. The molecule has 1 heterocycles. The van der Waals surface area contributed by atoms with Gasteiger partial charge in [0.2, 0.25) is 0 Å². The third kappa shape index (κ3) is 3.53. The van der Waals surface area contributed by atoms with Crippen molar-refractivity contribution in [3.63, 3.8) is 0 Å². The lowest BCUT2D eigenvalue weighted by molar-refractivity contribution is 0.255. The number of hydrogen-bond donors (Lipinski definition) is 2. The molecule has 0 aliphatic carbocycles. The van der Waals surface area contributed by atoms with E-state index in [4.69, 9.17) is 10.5 Å². The molecular formula is C15H24N2O2. The maximum atomic E-state index is 9.59. The van der Waals surface area contributed by atoms with Crippen molar-refractivity contribution in [2.45, 2.75) is 38.6 Å². The van der Waals surface area contributed by atoms with Crippen LogP contribution in [0.4, 0.5) is 11.4 Å². The number of rotatable bonds is 4. The van der Waals surface area contributed by atoms with Crippen molar-refractivity contribution >= 4 is 11.4 Å². The van der Waals surface area contributed by atoms with Crippen LogP contribution in [0.25, 0.3) is 0 Å². The van der Waals surface area contributed by atoms with Crippen LogP contribution in [0.3, 0.4) is 0 Å². The Kier molecular flexibility index (Phi) is 4.91. The van der Waals surface area contributed by atoms with Crippen LogP contribution in [0.2, 0.25) is 0 Å². The molecule has 2 rings (SSSR count). The largest absolute Gasteiger partial charge is 0.494 e. The first kappa shape index (κ1) is 14.0. The maximum Gasteiger partial charge on any atom is 0.123 e. The predicted molar refractivity (Wildman–Crippen MR) is 78.7 cm³/mol. The molecule has 3 N–H and O–H groups in total. The van der Waals surface area contributed by atoms with Gasteiger partial charge in [-0.25, -0.2) is 0 Å². The summed E-state index contributed by atoms with van der Waals surface area (Å²) in [4.78, 5) is 2.27. The van der Waals surface area contributed by atoms with Gasteiger partial charge in [-0.1, -0.05) is 12.8 Å². The molecular weight excluding hydrogens is 240 g/mol. The van der Waals surface area contributed by atoms with Gasteiger partial charge in [0.1, 0.15) is 5.75 Å². The number of aliphatic hydroxyl groups excluding tert-OH is 1. The second-order valence-corrected chi connectivity index (χ2v) is 5.07. The van der Waals surface area contributed by atoms with Crippen LogP contribution in [-0.2, 0) is 0 Å². The minimum Gasteiger partial charge on any atom is -0.494 e.